The second-order valence-electron chi connectivity index (χ2n) is 17.8. The number of furan rings is 2. The largest absolute Gasteiger partial charge is 0.455 e. The minimum Gasteiger partial charge on any atom is -0.455 e. The Hall–Kier alpha value is -6.75. The van der Waals surface area contributed by atoms with Crippen molar-refractivity contribution in [3.63, 3.8) is 0 Å². The molecule has 5 aromatic carbocycles. The highest BCUT2D eigenvalue weighted by Crippen LogP contribution is 2.47. The molecule has 8 aromatic rings. The Balaban J connectivity index is 1.35. The van der Waals surface area contributed by atoms with Crippen LogP contribution in [0.5, 0.6) is 0 Å². The summed E-state index contributed by atoms with van der Waals surface area (Å²) in [5, 5.41) is 14.4. The van der Waals surface area contributed by atoms with Crippen LogP contribution in [-0.4, -0.2) is 30.0 Å². The van der Waals surface area contributed by atoms with Crippen LogP contribution in [0.25, 0.3) is 83.9 Å². The van der Waals surface area contributed by atoms with E-state index in [-0.39, 0.29) is 12.0 Å². The SMILES string of the molecule is C=CC1CCc2cc(-c3ccc(C#N)cc3)c3c(oc4ccccc43)c2-c2n(-c3cccc4c5c(oc34)C=CCC5)c3ccccc3[n+]2C(=C)CC1[N+](=C)/C=C(\C)[Si](C)(C)C. The maximum absolute atomic E-state index is 9.74. The first-order chi connectivity index (χ1) is 29.5. The van der Waals surface area contributed by atoms with E-state index in [2.05, 4.69) is 156 Å². The third-order valence-electron chi connectivity index (χ3n) is 13.2. The van der Waals surface area contributed by atoms with Gasteiger partial charge in [0.05, 0.1) is 26.1 Å². The zero-order valence-corrected chi connectivity index (χ0v) is 36.5. The summed E-state index contributed by atoms with van der Waals surface area (Å²) in [6.07, 6.45) is 12.9. The van der Waals surface area contributed by atoms with E-state index in [1.54, 1.807) is 0 Å². The molecule has 0 saturated carbocycles. The first kappa shape index (κ1) is 38.4. The lowest BCUT2D eigenvalue weighted by molar-refractivity contribution is -0.553. The van der Waals surface area contributed by atoms with Gasteiger partial charge in [-0.3, -0.25) is 0 Å². The summed E-state index contributed by atoms with van der Waals surface area (Å²) in [6, 6.07) is 36.1. The number of nitriles is 1. The second kappa shape index (κ2) is 14.8. The van der Waals surface area contributed by atoms with Gasteiger partial charge in [0.25, 0.3) is 0 Å². The van der Waals surface area contributed by atoms with Gasteiger partial charge in [0, 0.05) is 27.6 Å². The van der Waals surface area contributed by atoms with Crippen LogP contribution >= 0.6 is 0 Å². The van der Waals surface area contributed by atoms with E-state index in [0.29, 0.717) is 12.0 Å². The number of para-hydroxylation sites is 4. The lowest BCUT2D eigenvalue weighted by Gasteiger charge is -2.25. The minimum atomic E-state index is -1.58. The number of fused-ring (bicyclic) bond motifs is 12. The van der Waals surface area contributed by atoms with Crippen LogP contribution in [-0.2, 0) is 12.8 Å². The van der Waals surface area contributed by atoms with Gasteiger partial charge in [-0.1, -0.05) is 93.0 Å². The molecule has 300 valence electrons. The number of imidazole rings is 1. The van der Waals surface area contributed by atoms with E-state index in [4.69, 9.17) is 22.1 Å². The molecule has 10 rings (SSSR count). The Bertz CT molecular complexity index is 3250. The summed E-state index contributed by atoms with van der Waals surface area (Å²) < 4.78 is 21.0. The number of aryl methyl sites for hydroxylation is 2. The van der Waals surface area contributed by atoms with Crippen molar-refractivity contribution < 1.29 is 18.0 Å². The molecular weight excluding hydrogens is 765 g/mol. The van der Waals surface area contributed by atoms with Crippen molar-refractivity contribution >= 4 is 70.5 Å². The fraction of sp³-hybridized carbons (Fsp3) is 0.204. The van der Waals surface area contributed by atoms with E-state index in [1.807, 2.05) is 18.2 Å². The number of nitrogens with zero attached hydrogens (tertiary/aromatic N) is 4. The highest BCUT2D eigenvalue weighted by molar-refractivity contribution is 6.82. The summed E-state index contributed by atoms with van der Waals surface area (Å²) in [4.78, 5) is 0. The number of hydrogen-bond acceptors (Lipinski definition) is 3. The van der Waals surface area contributed by atoms with E-state index >= 15 is 0 Å². The maximum atomic E-state index is 9.74. The van der Waals surface area contributed by atoms with Gasteiger partial charge < -0.3 is 8.83 Å². The molecule has 0 radical (unpaired) electrons. The Morgan fingerprint density at radius 1 is 0.934 bits per heavy atom. The Morgan fingerprint density at radius 2 is 1.70 bits per heavy atom. The Kier molecular flexibility index (Phi) is 9.30. The normalized spacial score (nSPS) is 17.0. The Labute approximate surface area is 358 Å². The van der Waals surface area contributed by atoms with Gasteiger partial charge in [0.1, 0.15) is 29.3 Å². The zero-order chi connectivity index (χ0) is 42.2. The number of benzene rings is 5. The standard InChI is InChI=1S/C54H50N4O2Si/c1-8-37-28-29-39-31-43(38-26-24-36(32-55)25-27-38)51-42-17-10-14-23-49(42)60-53(51)50(39)54-57(34(2)30-47(37)56(4)33-35(3)61(5,6)7)44-19-11-12-20-45(44)58(54)46-21-15-18-41-40-16-9-13-22-48(40)59-52(41)46/h8,10-15,17-27,31,33,37,47H,1-2,4,9,16,28-30H2,3,5-7H3/q+2/b35-33+. The van der Waals surface area contributed by atoms with Crippen LogP contribution in [0.15, 0.2) is 143 Å². The average Bonchev–Trinajstić information content (AvgIpc) is 3.95. The number of allylic oxidation sites excluding steroid dienone is 2. The average molecular weight is 815 g/mol. The lowest BCUT2D eigenvalue weighted by atomic mass is 9.85. The summed E-state index contributed by atoms with van der Waals surface area (Å²) in [7, 11) is -1.58. The van der Waals surface area contributed by atoms with Crippen LogP contribution in [0.1, 0.15) is 48.6 Å². The molecule has 0 saturated heterocycles. The van der Waals surface area contributed by atoms with Crippen LogP contribution < -0.4 is 4.57 Å². The van der Waals surface area contributed by atoms with E-state index in [0.717, 1.165) is 115 Å². The van der Waals surface area contributed by atoms with Crippen LogP contribution in [0.3, 0.4) is 0 Å². The third kappa shape index (κ3) is 6.28. The van der Waals surface area contributed by atoms with E-state index in [9.17, 15) is 5.26 Å². The summed E-state index contributed by atoms with van der Waals surface area (Å²) >= 11 is 0. The summed E-state index contributed by atoms with van der Waals surface area (Å²) in [6.45, 7) is 23.5. The van der Waals surface area contributed by atoms with E-state index in [1.165, 1.54) is 10.8 Å². The molecule has 2 aliphatic rings. The predicted octanol–water partition coefficient (Wildman–Crippen LogP) is 13.2. The third-order valence-corrected chi connectivity index (χ3v) is 15.7. The molecule has 4 heterocycles. The second-order valence-corrected chi connectivity index (χ2v) is 23.1. The monoisotopic (exact) mass is 814 g/mol. The van der Waals surface area contributed by atoms with Crippen molar-refractivity contribution in [2.24, 2.45) is 5.92 Å². The molecule has 2 atom stereocenters. The molecule has 0 fully saturated rings. The molecule has 2 unspecified atom stereocenters. The first-order valence-corrected chi connectivity index (χ1v) is 24.9. The van der Waals surface area contributed by atoms with Crippen molar-refractivity contribution in [3.8, 4) is 34.3 Å². The van der Waals surface area contributed by atoms with Gasteiger partial charge in [0.15, 0.2) is 40.1 Å². The Morgan fingerprint density at radius 3 is 2.49 bits per heavy atom. The fourth-order valence-electron chi connectivity index (χ4n) is 9.64. The molecule has 3 aromatic heterocycles. The maximum Gasteiger partial charge on any atom is 0.304 e. The van der Waals surface area contributed by atoms with Gasteiger partial charge in [-0.25, -0.2) is 4.58 Å². The first-order valence-electron chi connectivity index (χ1n) is 21.4. The number of aromatic nitrogens is 2. The van der Waals surface area contributed by atoms with Crippen LogP contribution in [0.2, 0.25) is 19.6 Å². The minimum absolute atomic E-state index is 0.000239. The molecule has 1 aliphatic heterocycles. The van der Waals surface area contributed by atoms with Gasteiger partial charge in [-0.2, -0.15) is 14.4 Å². The summed E-state index contributed by atoms with van der Waals surface area (Å²) in [5.74, 6) is 2.00. The molecular formula is C54H50N4O2Si+2. The van der Waals surface area contributed by atoms with Crippen molar-refractivity contribution in [3.05, 3.63) is 156 Å². The van der Waals surface area contributed by atoms with Gasteiger partial charge in [-0.05, 0) is 103 Å². The molecule has 0 amide bonds. The lowest BCUT2D eigenvalue weighted by Crippen LogP contribution is -2.40. The van der Waals surface area contributed by atoms with Crippen molar-refractivity contribution in [1.82, 2.24) is 4.57 Å². The molecule has 7 heteroatoms. The van der Waals surface area contributed by atoms with Crippen LogP contribution in [0, 0.1) is 17.2 Å². The molecule has 61 heavy (non-hydrogen) atoms. The van der Waals surface area contributed by atoms with Gasteiger partial charge >= 0.3 is 5.82 Å². The topological polar surface area (TPSA) is 61.9 Å². The van der Waals surface area contributed by atoms with Crippen molar-refractivity contribution in [1.29, 1.82) is 5.26 Å². The van der Waals surface area contributed by atoms with Crippen molar-refractivity contribution in [2.75, 3.05) is 0 Å². The van der Waals surface area contributed by atoms with Gasteiger partial charge in [-0.15, -0.1) is 6.58 Å². The highest BCUT2D eigenvalue weighted by atomic mass is 28.3. The van der Waals surface area contributed by atoms with Crippen molar-refractivity contribution in [2.45, 2.75) is 64.7 Å². The quantitative estimate of drug-likeness (QED) is 0.0727. The highest BCUT2D eigenvalue weighted by Gasteiger charge is 2.40. The molecule has 1 aliphatic carbocycles. The predicted molar refractivity (Wildman–Crippen MR) is 254 cm³/mol. The molecule has 0 N–H and O–H groups in total. The molecule has 0 spiro atoms. The zero-order valence-electron chi connectivity index (χ0n) is 35.5. The molecule has 6 nitrogen and oxygen atoms in total. The van der Waals surface area contributed by atoms with Crippen LogP contribution in [0.4, 0.5) is 0 Å². The summed E-state index contributed by atoms with van der Waals surface area (Å²) in [5.41, 5.74) is 12.7. The molecule has 0 bridgehead atoms. The van der Waals surface area contributed by atoms with Gasteiger partial charge in [0.2, 0.25) is 0 Å². The smallest absolute Gasteiger partial charge is 0.304 e. The fourth-order valence-corrected chi connectivity index (χ4v) is 10.2. The number of rotatable bonds is 6. The van der Waals surface area contributed by atoms with E-state index < -0.39 is 8.07 Å². The number of hydrogen-bond donors (Lipinski definition) is 0.